The number of nitrogens with one attached hydrogen (secondary N) is 2. The summed E-state index contributed by atoms with van der Waals surface area (Å²) in [5, 5.41) is 6.54. The number of hydrogen-bond donors (Lipinski definition) is 2. The molecule has 1 unspecified atom stereocenters. The van der Waals surface area contributed by atoms with Gasteiger partial charge in [0.2, 0.25) is 0 Å². The zero-order valence-electron chi connectivity index (χ0n) is 14.9. The standard InChI is InChI=1S/C16H29N3O3S.HI/c1-13(2)12-18-16(17-9-7-15-6-5-10-22-15)19-14(3)8-11-23(4,20)21;/h5-6,10,13-14H,7-9,11-12H2,1-4H3,(H2,17,18,19);1H. The molecule has 140 valence electrons. The lowest BCUT2D eigenvalue weighted by Crippen LogP contribution is -2.43. The normalized spacial score (nSPS) is 13.5. The Balaban J connectivity index is 0.00000529. The molecule has 0 radical (unpaired) electrons. The molecule has 6 nitrogen and oxygen atoms in total. The molecule has 0 amide bonds. The van der Waals surface area contributed by atoms with E-state index in [1.807, 2.05) is 19.1 Å². The van der Waals surface area contributed by atoms with E-state index in [0.717, 1.165) is 18.7 Å². The van der Waals surface area contributed by atoms with Gasteiger partial charge in [-0.3, -0.25) is 4.99 Å². The van der Waals surface area contributed by atoms with Crippen molar-refractivity contribution in [3.05, 3.63) is 24.2 Å². The molecule has 0 bridgehead atoms. The average Bonchev–Trinajstić information content (AvgIpc) is 2.94. The van der Waals surface area contributed by atoms with Crippen molar-refractivity contribution in [1.29, 1.82) is 0 Å². The molecule has 1 rings (SSSR count). The van der Waals surface area contributed by atoms with Crippen LogP contribution in [0, 0.1) is 5.92 Å². The Labute approximate surface area is 162 Å². The maximum Gasteiger partial charge on any atom is 0.191 e. The van der Waals surface area contributed by atoms with Crippen LogP contribution >= 0.6 is 24.0 Å². The van der Waals surface area contributed by atoms with E-state index in [0.29, 0.717) is 24.8 Å². The lowest BCUT2D eigenvalue weighted by atomic mass is 10.2. The summed E-state index contributed by atoms with van der Waals surface area (Å²) in [5.74, 6) is 2.27. The second-order valence-corrected chi connectivity index (χ2v) is 8.56. The number of furan rings is 1. The first-order valence-electron chi connectivity index (χ1n) is 8.01. The smallest absolute Gasteiger partial charge is 0.191 e. The van der Waals surface area contributed by atoms with E-state index >= 15 is 0 Å². The molecule has 1 heterocycles. The summed E-state index contributed by atoms with van der Waals surface area (Å²) in [6.45, 7) is 7.60. The van der Waals surface area contributed by atoms with Gasteiger partial charge in [0.25, 0.3) is 0 Å². The van der Waals surface area contributed by atoms with E-state index in [1.54, 1.807) is 6.26 Å². The molecule has 0 spiro atoms. The molecular weight excluding hydrogens is 441 g/mol. The molecule has 1 aromatic heterocycles. The van der Waals surface area contributed by atoms with Crippen LogP contribution in [-0.4, -0.2) is 45.5 Å². The fourth-order valence-corrected chi connectivity index (χ4v) is 2.66. The maximum absolute atomic E-state index is 11.3. The summed E-state index contributed by atoms with van der Waals surface area (Å²) >= 11 is 0. The maximum atomic E-state index is 11.3. The van der Waals surface area contributed by atoms with Crippen molar-refractivity contribution in [2.24, 2.45) is 10.9 Å². The summed E-state index contributed by atoms with van der Waals surface area (Å²) in [5.41, 5.74) is 0. The minimum atomic E-state index is -2.94. The highest BCUT2D eigenvalue weighted by Crippen LogP contribution is 2.00. The van der Waals surface area contributed by atoms with Crippen molar-refractivity contribution in [3.8, 4) is 0 Å². The molecule has 0 fully saturated rings. The molecule has 0 aliphatic carbocycles. The van der Waals surface area contributed by atoms with Gasteiger partial charge < -0.3 is 15.1 Å². The second-order valence-electron chi connectivity index (χ2n) is 6.30. The Morgan fingerprint density at radius 3 is 2.58 bits per heavy atom. The van der Waals surface area contributed by atoms with E-state index < -0.39 is 9.84 Å². The number of rotatable bonds is 9. The fourth-order valence-electron chi connectivity index (χ4n) is 1.88. The molecule has 0 aliphatic heterocycles. The number of guanidine groups is 1. The topological polar surface area (TPSA) is 83.7 Å². The van der Waals surface area contributed by atoms with E-state index in [9.17, 15) is 8.42 Å². The molecular formula is C16H30IN3O3S. The number of hydrogen-bond acceptors (Lipinski definition) is 4. The average molecular weight is 471 g/mol. The zero-order valence-corrected chi connectivity index (χ0v) is 18.1. The highest BCUT2D eigenvalue weighted by molar-refractivity contribution is 14.0. The van der Waals surface area contributed by atoms with Crippen LogP contribution < -0.4 is 10.6 Å². The number of aliphatic imine (C=N–C) groups is 1. The highest BCUT2D eigenvalue weighted by Gasteiger charge is 2.10. The summed E-state index contributed by atoms with van der Waals surface area (Å²) in [4.78, 5) is 4.54. The molecule has 2 N–H and O–H groups in total. The Bertz CT molecular complexity index is 571. The van der Waals surface area contributed by atoms with Gasteiger partial charge in [-0.2, -0.15) is 0 Å². The van der Waals surface area contributed by atoms with Gasteiger partial charge in [0, 0.05) is 31.8 Å². The first kappa shape index (κ1) is 23.2. The fraction of sp³-hybridized carbons (Fsp3) is 0.688. The van der Waals surface area contributed by atoms with Crippen molar-refractivity contribution in [2.75, 3.05) is 25.1 Å². The molecule has 0 aliphatic rings. The lowest BCUT2D eigenvalue weighted by Gasteiger charge is -2.18. The summed E-state index contributed by atoms with van der Waals surface area (Å²) in [7, 11) is -2.94. The van der Waals surface area contributed by atoms with Crippen LogP contribution in [0.25, 0.3) is 0 Å². The second kappa shape index (κ2) is 11.7. The molecule has 0 saturated heterocycles. The third kappa shape index (κ3) is 11.7. The first-order chi connectivity index (χ1) is 10.8. The Hall–Kier alpha value is -0.770. The van der Waals surface area contributed by atoms with Crippen LogP contribution in [0.3, 0.4) is 0 Å². The third-order valence-corrected chi connectivity index (χ3v) is 4.14. The predicted octanol–water partition coefficient (Wildman–Crippen LogP) is 2.45. The van der Waals surface area contributed by atoms with E-state index in [4.69, 9.17) is 4.42 Å². The number of nitrogens with zero attached hydrogens (tertiary/aromatic N) is 1. The lowest BCUT2D eigenvalue weighted by molar-refractivity contribution is 0.505. The third-order valence-electron chi connectivity index (χ3n) is 3.16. The molecule has 1 atom stereocenters. The van der Waals surface area contributed by atoms with Gasteiger partial charge >= 0.3 is 0 Å². The Morgan fingerprint density at radius 1 is 1.33 bits per heavy atom. The van der Waals surface area contributed by atoms with Crippen molar-refractivity contribution < 1.29 is 12.8 Å². The summed E-state index contributed by atoms with van der Waals surface area (Å²) in [6, 6.07) is 3.84. The van der Waals surface area contributed by atoms with E-state index in [1.165, 1.54) is 6.26 Å². The van der Waals surface area contributed by atoms with Gasteiger partial charge in [0.15, 0.2) is 5.96 Å². The van der Waals surface area contributed by atoms with Crippen molar-refractivity contribution in [3.63, 3.8) is 0 Å². The van der Waals surface area contributed by atoms with Gasteiger partial charge in [0.1, 0.15) is 15.6 Å². The summed E-state index contributed by atoms with van der Waals surface area (Å²) in [6.07, 6.45) is 4.25. The Kier molecular flexibility index (Phi) is 11.4. The molecule has 0 saturated carbocycles. The molecule has 8 heteroatoms. The number of halogens is 1. The molecule has 24 heavy (non-hydrogen) atoms. The van der Waals surface area contributed by atoms with Gasteiger partial charge in [-0.25, -0.2) is 8.42 Å². The number of sulfone groups is 1. The van der Waals surface area contributed by atoms with Crippen molar-refractivity contribution >= 4 is 39.8 Å². The van der Waals surface area contributed by atoms with E-state index in [2.05, 4.69) is 29.5 Å². The largest absolute Gasteiger partial charge is 0.469 e. The highest BCUT2D eigenvalue weighted by atomic mass is 127. The van der Waals surface area contributed by atoms with E-state index in [-0.39, 0.29) is 35.8 Å². The van der Waals surface area contributed by atoms with Crippen LogP contribution in [0.5, 0.6) is 0 Å². The van der Waals surface area contributed by atoms with Gasteiger partial charge in [0.05, 0.1) is 12.0 Å². The molecule has 0 aromatic carbocycles. The molecule has 1 aromatic rings. The van der Waals surface area contributed by atoms with Gasteiger partial charge in [-0.15, -0.1) is 24.0 Å². The predicted molar refractivity (Wildman–Crippen MR) is 110 cm³/mol. The minimum Gasteiger partial charge on any atom is -0.469 e. The van der Waals surface area contributed by atoms with Crippen LogP contribution in [0.2, 0.25) is 0 Å². The quantitative estimate of drug-likeness (QED) is 0.329. The first-order valence-corrected chi connectivity index (χ1v) is 10.1. The monoisotopic (exact) mass is 471 g/mol. The van der Waals surface area contributed by atoms with Crippen LogP contribution in [-0.2, 0) is 16.3 Å². The van der Waals surface area contributed by atoms with Crippen LogP contribution in [0.15, 0.2) is 27.8 Å². The van der Waals surface area contributed by atoms with Gasteiger partial charge in [-0.1, -0.05) is 13.8 Å². The van der Waals surface area contributed by atoms with Crippen molar-refractivity contribution in [1.82, 2.24) is 10.6 Å². The SMILES string of the molecule is CC(C)CN=C(NCCc1ccco1)NC(C)CCS(C)(=O)=O.I. The Morgan fingerprint density at radius 2 is 2.04 bits per heavy atom. The van der Waals surface area contributed by atoms with Crippen LogP contribution in [0.4, 0.5) is 0 Å². The summed E-state index contributed by atoms with van der Waals surface area (Å²) < 4.78 is 27.8. The zero-order chi connectivity index (χ0) is 17.3. The van der Waals surface area contributed by atoms with Crippen molar-refractivity contribution in [2.45, 2.75) is 39.7 Å². The van der Waals surface area contributed by atoms with Gasteiger partial charge in [-0.05, 0) is 31.4 Å². The minimum absolute atomic E-state index is 0. The van der Waals surface area contributed by atoms with Crippen LogP contribution in [0.1, 0.15) is 33.0 Å².